The molecule has 0 bridgehead atoms. The lowest BCUT2D eigenvalue weighted by atomic mass is 10.2. The van der Waals surface area contributed by atoms with Gasteiger partial charge in [0.25, 0.3) is 0 Å². The Morgan fingerprint density at radius 3 is 3.17 bits per heavy atom. The predicted molar refractivity (Wildman–Crippen MR) is 62.1 cm³/mol. The van der Waals surface area contributed by atoms with Crippen molar-refractivity contribution >= 4 is 17.5 Å². The molecule has 2 rings (SSSR count). The highest BCUT2D eigenvalue weighted by Crippen LogP contribution is 2.26. The van der Waals surface area contributed by atoms with Gasteiger partial charge in [-0.2, -0.15) is 4.98 Å². The van der Waals surface area contributed by atoms with Crippen LogP contribution in [0.15, 0.2) is 6.20 Å². The summed E-state index contributed by atoms with van der Waals surface area (Å²) < 4.78 is 5.27. The maximum Gasteiger partial charge on any atom is 0.329 e. The van der Waals surface area contributed by atoms with Crippen molar-refractivity contribution in [2.24, 2.45) is 0 Å². The average Bonchev–Trinajstić information content (AvgIpc) is 2.38. The molecule has 0 amide bonds. The first-order valence-corrected chi connectivity index (χ1v) is 5.36. The van der Waals surface area contributed by atoms with E-state index in [1.807, 2.05) is 0 Å². The fourth-order valence-corrected chi connectivity index (χ4v) is 1.76. The minimum Gasteiger partial charge on any atom is -0.394 e. The lowest BCUT2D eigenvalue weighted by Gasteiger charge is -2.32. The Labute approximate surface area is 102 Å². The molecule has 1 fully saturated rings. The Morgan fingerprint density at radius 1 is 1.72 bits per heavy atom. The summed E-state index contributed by atoms with van der Waals surface area (Å²) in [6.07, 6.45) is 0.704. The molecule has 0 aliphatic carbocycles. The number of nitrogens with two attached hydrogens (primary N) is 1. The average molecular weight is 255 g/mol. The Balaban J connectivity index is 2.31. The summed E-state index contributed by atoms with van der Waals surface area (Å²) in [5.41, 5.74) is 5.24. The van der Waals surface area contributed by atoms with Crippen LogP contribution in [0.1, 0.15) is 0 Å². The number of rotatable bonds is 3. The monoisotopic (exact) mass is 255 g/mol. The lowest BCUT2D eigenvalue weighted by molar-refractivity contribution is -0.384. The number of morpholine rings is 1. The molecular formula is C9H13N5O4. The molecule has 3 N–H and O–H groups in total. The SMILES string of the molecule is Nc1ncc([N+](=O)[O-])c(N2CCOC(CO)C2)n1. The van der Waals surface area contributed by atoms with Crippen LogP contribution in [-0.2, 0) is 4.74 Å². The van der Waals surface area contributed by atoms with Crippen molar-refractivity contribution < 1.29 is 14.8 Å². The van der Waals surface area contributed by atoms with E-state index in [9.17, 15) is 10.1 Å². The van der Waals surface area contributed by atoms with Crippen molar-refractivity contribution in [1.29, 1.82) is 0 Å². The highest BCUT2D eigenvalue weighted by atomic mass is 16.6. The fourth-order valence-electron chi connectivity index (χ4n) is 1.76. The van der Waals surface area contributed by atoms with Crippen LogP contribution in [0.3, 0.4) is 0 Å². The number of anilines is 2. The highest BCUT2D eigenvalue weighted by Gasteiger charge is 2.27. The third kappa shape index (κ3) is 2.46. The first-order valence-electron chi connectivity index (χ1n) is 5.36. The second-order valence-electron chi connectivity index (χ2n) is 3.82. The molecule has 2 heterocycles. The zero-order valence-corrected chi connectivity index (χ0v) is 9.52. The normalized spacial score (nSPS) is 19.8. The van der Waals surface area contributed by atoms with E-state index in [2.05, 4.69) is 9.97 Å². The zero-order valence-electron chi connectivity index (χ0n) is 9.52. The molecule has 9 heteroatoms. The van der Waals surface area contributed by atoms with Crippen molar-refractivity contribution in [2.45, 2.75) is 6.10 Å². The largest absolute Gasteiger partial charge is 0.394 e. The van der Waals surface area contributed by atoms with Gasteiger partial charge < -0.3 is 20.5 Å². The maximum absolute atomic E-state index is 10.9. The Bertz CT molecular complexity index is 455. The predicted octanol–water partition coefficient (Wildman–Crippen LogP) is -0.836. The van der Waals surface area contributed by atoms with Gasteiger partial charge in [-0.25, -0.2) is 4.98 Å². The van der Waals surface area contributed by atoms with Crippen molar-refractivity contribution in [1.82, 2.24) is 9.97 Å². The van der Waals surface area contributed by atoms with Crippen molar-refractivity contribution in [3.8, 4) is 0 Å². The molecule has 18 heavy (non-hydrogen) atoms. The summed E-state index contributed by atoms with van der Waals surface area (Å²) in [5.74, 6) is 0.136. The Morgan fingerprint density at radius 2 is 2.50 bits per heavy atom. The number of aliphatic hydroxyl groups is 1. The highest BCUT2D eigenvalue weighted by molar-refractivity contribution is 5.58. The smallest absolute Gasteiger partial charge is 0.329 e. The number of nitrogens with zero attached hydrogens (tertiary/aromatic N) is 4. The van der Waals surface area contributed by atoms with E-state index in [1.54, 1.807) is 4.90 Å². The standard InChI is InChI=1S/C9H13N5O4/c10-9-11-3-7(14(16)17)8(12-9)13-1-2-18-6(4-13)5-15/h3,6,15H,1-2,4-5H2,(H2,10,11,12). The van der Waals surface area contributed by atoms with Gasteiger partial charge >= 0.3 is 5.69 Å². The van der Waals surface area contributed by atoms with E-state index >= 15 is 0 Å². The maximum atomic E-state index is 10.9. The van der Waals surface area contributed by atoms with Crippen molar-refractivity contribution in [3.63, 3.8) is 0 Å². The minimum atomic E-state index is -0.557. The van der Waals surface area contributed by atoms with Gasteiger partial charge in [0.05, 0.1) is 24.2 Å². The van der Waals surface area contributed by atoms with Crippen molar-refractivity contribution in [2.75, 3.05) is 36.9 Å². The number of hydrogen-bond acceptors (Lipinski definition) is 8. The van der Waals surface area contributed by atoms with E-state index in [0.29, 0.717) is 19.7 Å². The van der Waals surface area contributed by atoms with E-state index in [4.69, 9.17) is 15.6 Å². The van der Waals surface area contributed by atoms with Gasteiger partial charge in [0.15, 0.2) is 0 Å². The molecule has 0 aromatic carbocycles. The van der Waals surface area contributed by atoms with E-state index in [1.165, 1.54) is 0 Å². The number of nitrogen functional groups attached to an aromatic ring is 1. The number of aromatic nitrogens is 2. The van der Waals surface area contributed by atoms with E-state index in [0.717, 1.165) is 6.20 Å². The van der Waals surface area contributed by atoms with Crippen LogP contribution < -0.4 is 10.6 Å². The molecule has 1 saturated heterocycles. The summed E-state index contributed by atoms with van der Waals surface area (Å²) in [4.78, 5) is 19.5. The van der Waals surface area contributed by atoms with Gasteiger partial charge in [-0.15, -0.1) is 0 Å². The van der Waals surface area contributed by atoms with Crippen LogP contribution in [0.5, 0.6) is 0 Å². The molecule has 1 aliphatic heterocycles. The molecule has 98 valence electrons. The molecule has 1 aromatic heterocycles. The second kappa shape index (κ2) is 5.10. The van der Waals surface area contributed by atoms with Crippen LogP contribution in [0.4, 0.5) is 17.5 Å². The Kier molecular flexibility index (Phi) is 3.53. The van der Waals surface area contributed by atoms with E-state index < -0.39 is 4.92 Å². The molecule has 0 spiro atoms. The zero-order chi connectivity index (χ0) is 13.1. The number of aliphatic hydroxyl groups excluding tert-OH is 1. The third-order valence-electron chi connectivity index (χ3n) is 2.61. The fraction of sp³-hybridized carbons (Fsp3) is 0.556. The van der Waals surface area contributed by atoms with Gasteiger partial charge in [-0.1, -0.05) is 0 Å². The lowest BCUT2D eigenvalue weighted by Crippen LogP contribution is -2.44. The third-order valence-corrected chi connectivity index (χ3v) is 2.61. The van der Waals surface area contributed by atoms with Crippen LogP contribution in [0.2, 0.25) is 0 Å². The van der Waals surface area contributed by atoms with Crippen LogP contribution in [0.25, 0.3) is 0 Å². The minimum absolute atomic E-state index is 0.0253. The number of hydrogen-bond donors (Lipinski definition) is 2. The summed E-state index contributed by atoms with van der Waals surface area (Å²) in [6, 6.07) is 0. The van der Waals surface area contributed by atoms with Crippen LogP contribution >= 0.6 is 0 Å². The number of nitro groups is 1. The van der Waals surface area contributed by atoms with Gasteiger partial charge in [-0.3, -0.25) is 10.1 Å². The Hall–Kier alpha value is -2.00. The van der Waals surface area contributed by atoms with Gasteiger partial charge in [-0.05, 0) is 0 Å². The van der Waals surface area contributed by atoms with Crippen LogP contribution in [-0.4, -0.2) is 52.4 Å². The molecular weight excluding hydrogens is 242 g/mol. The van der Waals surface area contributed by atoms with E-state index in [-0.39, 0.29) is 30.2 Å². The van der Waals surface area contributed by atoms with Gasteiger partial charge in [0, 0.05) is 13.1 Å². The summed E-state index contributed by atoms with van der Waals surface area (Å²) >= 11 is 0. The molecule has 9 nitrogen and oxygen atoms in total. The molecule has 0 radical (unpaired) electrons. The topological polar surface area (TPSA) is 128 Å². The summed E-state index contributed by atoms with van der Waals surface area (Å²) in [5, 5.41) is 20.0. The van der Waals surface area contributed by atoms with Crippen LogP contribution in [0, 0.1) is 10.1 Å². The first kappa shape index (κ1) is 12.5. The van der Waals surface area contributed by atoms with Crippen molar-refractivity contribution in [3.05, 3.63) is 16.3 Å². The summed E-state index contributed by atoms with van der Waals surface area (Å²) in [6.45, 7) is 0.999. The second-order valence-corrected chi connectivity index (χ2v) is 3.82. The molecule has 1 aromatic rings. The summed E-state index contributed by atoms with van der Waals surface area (Å²) in [7, 11) is 0. The molecule has 1 aliphatic rings. The first-order chi connectivity index (χ1) is 8.61. The molecule has 1 atom stereocenters. The quantitative estimate of drug-likeness (QED) is 0.528. The van der Waals surface area contributed by atoms with Gasteiger partial charge in [0.1, 0.15) is 6.20 Å². The number of ether oxygens (including phenoxy) is 1. The molecule has 0 saturated carbocycles. The molecule has 1 unspecified atom stereocenters. The van der Waals surface area contributed by atoms with Gasteiger partial charge in [0.2, 0.25) is 11.8 Å².